The third kappa shape index (κ3) is 3.33. The van der Waals surface area contributed by atoms with Crippen LogP contribution in [0.25, 0.3) is 0 Å². The Balaban J connectivity index is 1.92. The van der Waals surface area contributed by atoms with Crippen molar-refractivity contribution in [3.8, 4) is 0 Å². The zero-order valence-corrected chi connectivity index (χ0v) is 11.0. The number of aliphatic carboxylic acids is 1. The molecular formula is C13H18N2O4. The molecule has 1 atom stereocenters. The molecule has 0 amide bonds. The number of ether oxygens (including phenoxy) is 1. The normalized spacial score (nSPS) is 17.8. The van der Waals surface area contributed by atoms with Crippen LogP contribution in [0.3, 0.4) is 0 Å². The second kappa shape index (κ2) is 5.86. The number of fused-ring (bicyclic) bond motifs is 1. The Kier molecular flexibility index (Phi) is 4.19. The molecule has 1 heterocycles. The van der Waals surface area contributed by atoms with Gasteiger partial charge in [0.15, 0.2) is 0 Å². The number of hydrogen-bond donors (Lipinski definition) is 1. The van der Waals surface area contributed by atoms with E-state index in [4.69, 9.17) is 5.11 Å². The average Bonchev–Trinajstić information content (AvgIpc) is 2.79. The van der Waals surface area contributed by atoms with Crippen molar-refractivity contribution >= 4 is 11.9 Å². The number of nitrogens with zero attached hydrogens (tertiary/aromatic N) is 2. The molecule has 0 bridgehead atoms. The van der Waals surface area contributed by atoms with E-state index in [1.165, 1.54) is 7.11 Å². The highest BCUT2D eigenvalue weighted by Gasteiger charge is 2.26. The molecule has 0 aliphatic heterocycles. The second-order valence-corrected chi connectivity index (χ2v) is 4.82. The Morgan fingerprint density at radius 2 is 2.37 bits per heavy atom. The highest BCUT2D eigenvalue weighted by molar-refractivity contribution is 5.71. The van der Waals surface area contributed by atoms with E-state index in [1.807, 2.05) is 6.20 Å². The fraction of sp³-hybridized carbons (Fsp3) is 0.615. The van der Waals surface area contributed by atoms with Gasteiger partial charge in [0.1, 0.15) is 0 Å². The van der Waals surface area contributed by atoms with Crippen LogP contribution in [0.1, 0.15) is 30.5 Å². The Bertz CT molecular complexity index is 481. The van der Waals surface area contributed by atoms with E-state index in [0.717, 1.165) is 17.7 Å². The summed E-state index contributed by atoms with van der Waals surface area (Å²) in [6, 6.07) is 0. The minimum atomic E-state index is -0.732. The number of esters is 1. The van der Waals surface area contributed by atoms with Crippen molar-refractivity contribution in [3.05, 3.63) is 17.5 Å². The van der Waals surface area contributed by atoms with Crippen LogP contribution in [-0.2, 0) is 33.7 Å². The number of carbonyl (C=O) groups is 2. The van der Waals surface area contributed by atoms with Crippen molar-refractivity contribution in [2.75, 3.05) is 7.11 Å². The number of carbonyl (C=O) groups excluding carboxylic acids is 1. The number of rotatable bonds is 5. The molecule has 1 aliphatic carbocycles. The third-order valence-electron chi connectivity index (χ3n) is 3.47. The van der Waals surface area contributed by atoms with Crippen LogP contribution >= 0.6 is 0 Å². The average molecular weight is 266 g/mol. The SMILES string of the molecule is COC(=O)CCCn1cc2c(n1)CCC(C(=O)O)C2. The maximum absolute atomic E-state index is 11.0. The molecule has 0 fully saturated rings. The van der Waals surface area contributed by atoms with Crippen LogP contribution in [0.4, 0.5) is 0 Å². The number of carboxylic acid groups (broad SMARTS) is 1. The number of aromatic nitrogens is 2. The molecule has 0 radical (unpaired) electrons. The van der Waals surface area contributed by atoms with Crippen LogP contribution in [0.15, 0.2) is 6.20 Å². The van der Waals surface area contributed by atoms with Gasteiger partial charge in [0, 0.05) is 19.2 Å². The second-order valence-electron chi connectivity index (χ2n) is 4.82. The van der Waals surface area contributed by atoms with Gasteiger partial charge in [0.25, 0.3) is 0 Å². The molecule has 104 valence electrons. The zero-order valence-electron chi connectivity index (χ0n) is 11.0. The van der Waals surface area contributed by atoms with Gasteiger partial charge in [-0.15, -0.1) is 0 Å². The Labute approximate surface area is 111 Å². The van der Waals surface area contributed by atoms with Crippen LogP contribution in [-0.4, -0.2) is 33.9 Å². The molecule has 6 heteroatoms. The summed E-state index contributed by atoms with van der Waals surface area (Å²) in [4.78, 5) is 22.0. The van der Waals surface area contributed by atoms with Crippen LogP contribution < -0.4 is 0 Å². The Hall–Kier alpha value is -1.85. The maximum atomic E-state index is 11.0. The lowest BCUT2D eigenvalue weighted by Crippen LogP contribution is -2.21. The molecule has 0 aromatic carbocycles. The summed E-state index contributed by atoms with van der Waals surface area (Å²) >= 11 is 0. The summed E-state index contributed by atoms with van der Waals surface area (Å²) in [7, 11) is 1.38. The molecule has 6 nitrogen and oxygen atoms in total. The number of methoxy groups -OCH3 is 1. The first-order valence-electron chi connectivity index (χ1n) is 6.45. The highest BCUT2D eigenvalue weighted by atomic mass is 16.5. The van der Waals surface area contributed by atoms with Gasteiger partial charge in [-0.25, -0.2) is 0 Å². The summed E-state index contributed by atoms with van der Waals surface area (Å²) in [6.45, 7) is 0.653. The lowest BCUT2D eigenvalue weighted by Gasteiger charge is -2.16. The molecule has 2 rings (SSSR count). The number of hydrogen-bond acceptors (Lipinski definition) is 4. The van der Waals surface area contributed by atoms with E-state index < -0.39 is 5.97 Å². The summed E-state index contributed by atoms with van der Waals surface area (Å²) in [5, 5.41) is 13.5. The van der Waals surface area contributed by atoms with E-state index in [0.29, 0.717) is 32.2 Å². The summed E-state index contributed by atoms with van der Waals surface area (Å²) in [6.07, 6.45) is 4.88. The van der Waals surface area contributed by atoms with Crippen LogP contribution in [0, 0.1) is 5.92 Å². The standard InChI is InChI=1S/C13H18N2O4/c1-19-12(16)3-2-6-15-8-10-7-9(13(17)18)4-5-11(10)14-15/h8-9H,2-7H2,1H3,(H,17,18). The number of aryl methyl sites for hydroxylation is 2. The van der Waals surface area contributed by atoms with Crippen molar-refractivity contribution in [2.45, 2.75) is 38.6 Å². The Morgan fingerprint density at radius 1 is 1.58 bits per heavy atom. The van der Waals surface area contributed by atoms with Gasteiger partial charge in [-0.3, -0.25) is 14.3 Å². The molecule has 1 unspecified atom stereocenters. The van der Waals surface area contributed by atoms with Crippen molar-refractivity contribution < 1.29 is 19.4 Å². The monoisotopic (exact) mass is 266 g/mol. The smallest absolute Gasteiger partial charge is 0.306 e. The first-order valence-corrected chi connectivity index (χ1v) is 6.45. The van der Waals surface area contributed by atoms with Crippen LogP contribution in [0.5, 0.6) is 0 Å². The van der Waals surface area contributed by atoms with Crippen molar-refractivity contribution in [1.82, 2.24) is 9.78 Å². The predicted molar refractivity (Wildman–Crippen MR) is 66.6 cm³/mol. The van der Waals surface area contributed by atoms with Gasteiger partial charge in [-0.05, 0) is 31.2 Å². The van der Waals surface area contributed by atoms with Crippen molar-refractivity contribution in [2.24, 2.45) is 5.92 Å². The van der Waals surface area contributed by atoms with E-state index >= 15 is 0 Å². The van der Waals surface area contributed by atoms with Gasteiger partial charge >= 0.3 is 11.9 Å². The fourth-order valence-electron chi connectivity index (χ4n) is 2.37. The molecule has 19 heavy (non-hydrogen) atoms. The first kappa shape index (κ1) is 13.6. The fourth-order valence-corrected chi connectivity index (χ4v) is 2.37. The van der Waals surface area contributed by atoms with Gasteiger partial charge in [0.2, 0.25) is 0 Å². The van der Waals surface area contributed by atoms with E-state index in [-0.39, 0.29) is 11.9 Å². The molecule has 0 saturated heterocycles. The zero-order chi connectivity index (χ0) is 13.8. The van der Waals surface area contributed by atoms with E-state index in [2.05, 4.69) is 9.84 Å². The molecular weight excluding hydrogens is 248 g/mol. The third-order valence-corrected chi connectivity index (χ3v) is 3.47. The summed E-state index contributed by atoms with van der Waals surface area (Å²) in [5.74, 6) is -1.24. The maximum Gasteiger partial charge on any atom is 0.306 e. The molecule has 1 aromatic rings. The largest absolute Gasteiger partial charge is 0.481 e. The summed E-state index contributed by atoms with van der Waals surface area (Å²) in [5.41, 5.74) is 2.02. The minimum Gasteiger partial charge on any atom is -0.481 e. The predicted octanol–water partition coefficient (Wildman–Crippen LogP) is 1.03. The lowest BCUT2D eigenvalue weighted by atomic mass is 9.88. The number of carboxylic acids is 1. The molecule has 1 aliphatic rings. The van der Waals surface area contributed by atoms with Crippen molar-refractivity contribution in [3.63, 3.8) is 0 Å². The van der Waals surface area contributed by atoms with Gasteiger partial charge in [-0.1, -0.05) is 0 Å². The molecule has 1 N–H and O–H groups in total. The minimum absolute atomic E-state index is 0.220. The Morgan fingerprint density at radius 3 is 3.05 bits per heavy atom. The van der Waals surface area contributed by atoms with Crippen molar-refractivity contribution in [1.29, 1.82) is 0 Å². The van der Waals surface area contributed by atoms with E-state index in [1.54, 1.807) is 4.68 Å². The molecule has 1 aromatic heterocycles. The van der Waals surface area contributed by atoms with Gasteiger partial charge in [-0.2, -0.15) is 5.10 Å². The van der Waals surface area contributed by atoms with Crippen LogP contribution in [0.2, 0.25) is 0 Å². The quantitative estimate of drug-likeness (QED) is 0.805. The lowest BCUT2D eigenvalue weighted by molar-refractivity contribution is -0.142. The molecule has 0 spiro atoms. The summed E-state index contributed by atoms with van der Waals surface area (Å²) < 4.78 is 6.38. The topological polar surface area (TPSA) is 81.4 Å². The highest BCUT2D eigenvalue weighted by Crippen LogP contribution is 2.24. The van der Waals surface area contributed by atoms with E-state index in [9.17, 15) is 9.59 Å². The van der Waals surface area contributed by atoms with Gasteiger partial charge in [0.05, 0.1) is 18.7 Å². The first-order chi connectivity index (χ1) is 9.10. The molecule has 0 saturated carbocycles. The van der Waals surface area contributed by atoms with Gasteiger partial charge < -0.3 is 9.84 Å².